The summed E-state index contributed by atoms with van der Waals surface area (Å²) < 4.78 is 42.4. The Bertz CT molecular complexity index is 1120. The highest BCUT2D eigenvalue weighted by atomic mass is 19.4. The zero-order chi connectivity index (χ0) is 20.4. The summed E-state index contributed by atoms with van der Waals surface area (Å²) in [6.07, 6.45) is 3.18. The molecule has 2 heterocycles. The van der Waals surface area contributed by atoms with E-state index < -0.39 is 12.8 Å². The lowest BCUT2D eigenvalue weighted by Gasteiger charge is -2.09. The van der Waals surface area contributed by atoms with Crippen LogP contribution < -0.4 is 10.3 Å². The molecule has 0 atom stereocenters. The van der Waals surface area contributed by atoms with Crippen LogP contribution in [0, 0.1) is 0 Å². The van der Waals surface area contributed by atoms with Gasteiger partial charge in [-0.15, -0.1) is 0 Å². The average Bonchev–Trinajstić information content (AvgIpc) is 3.16. The number of fused-ring (bicyclic) bond motifs is 1. The largest absolute Gasteiger partial charge is 0.454 e. The molecule has 0 saturated heterocycles. The minimum Gasteiger partial charge on any atom is -0.454 e. The van der Waals surface area contributed by atoms with Crippen LogP contribution in [0.1, 0.15) is 16.7 Å². The lowest BCUT2D eigenvalue weighted by atomic mass is 10.1. The third-order valence-corrected chi connectivity index (χ3v) is 4.33. The Balaban J connectivity index is 1.54. The zero-order valence-electron chi connectivity index (χ0n) is 15.1. The predicted molar refractivity (Wildman–Crippen MR) is 99.4 cm³/mol. The number of nitrogens with zero attached hydrogens (tertiary/aromatic N) is 4. The third-order valence-electron chi connectivity index (χ3n) is 4.33. The molecule has 0 fully saturated rings. The number of benzene rings is 1. The molecule has 1 aliphatic carbocycles. The predicted octanol–water partition coefficient (Wildman–Crippen LogP) is 3.26. The number of hydrogen-bond donors (Lipinski definition) is 0. The van der Waals surface area contributed by atoms with Crippen LogP contribution in [-0.2, 0) is 13.0 Å². The van der Waals surface area contributed by atoms with Gasteiger partial charge in [-0.25, -0.2) is 14.6 Å². The lowest BCUT2D eigenvalue weighted by Crippen LogP contribution is -2.23. The van der Waals surface area contributed by atoms with Crippen molar-refractivity contribution in [3.8, 4) is 17.3 Å². The number of aromatic nitrogens is 4. The van der Waals surface area contributed by atoms with Gasteiger partial charge in [-0.1, -0.05) is 24.3 Å². The van der Waals surface area contributed by atoms with E-state index in [0.717, 1.165) is 17.5 Å². The number of allylic oxidation sites excluding steroid dienone is 1. The molecule has 1 aliphatic rings. The number of alkyl halides is 3. The van der Waals surface area contributed by atoms with Crippen LogP contribution in [0.2, 0.25) is 0 Å². The second-order valence-electron chi connectivity index (χ2n) is 6.51. The fourth-order valence-corrected chi connectivity index (χ4v) is 2.96. The van der Waals surface area contributed by atoms with Crippen molar-refractivity contribution >= 4 is 6.08 Å². The molecule has 29 heavy (non-hydrogen) atoms. The van der Waals surface area contributed by atoms with Crippen molar-refractivity contribution < 1.29 is 17.9 Å². The smallest absolute Gasteiger partial charge is 0.422 e. The van der Waals surface area contributed by atoms with Crippen molar-refractivity contribution in [2.45, 2.75) is 19.1 Å². The van der Waals surface area contributed by atoms with Crippen LogP contribution in [0.4, 0.5) is 13.2 Å². The van der Waals surface area contributed by atoms with Crippen LogP contribution >= 0.6 is 0 Å². The standard InChI is InChI=1S/C20H15F3N4O2/c21-20(22,23)12-29-19-24-9-16(10-25-19)17-6-7-18(28)27(26-17)11-13-4-5-14-2-1-3-15(14)8-13/h1,3-10H,2,11-12H2. The summed E-state index contributed by atoms with van der Waals surface area (Å²) in [5.41, 5.74) is 3.93. The monoisotopic (exact) mass is 400 g/mol. The molecule has 4 rings (SSSR count). The summed E-state index contributed by atoms with van der Waals surface area (Å²) in [5, 5.41) is 4.33. The summed E-state index contributed by atoms with van der Waals surface area (Å²) in [5.74, 6) is 0. The molecule has 0 N–H and O–H groups in total. The Morgan fingerprint density at radius 2 is 1.90 bits per heavy atom. The van der Waals surface area contributed by atoms with Crippen LogP contribution in [0.3, 0.4) is 0 Å². The van der Waals surface area contributed by atoms with Crippen molar-refractivity contribution in [2.75, 3.05) is 6.61 Å². The van der Waals surface area contributed by atoms with E-state index in [-0.39, 0.29) is 11.6 Å². The molecule has 1 aromatic carbocycles. The van der Waals surface area contributed by atoms with Crippen molar-refractivity contribution in [1.29, 1.82) is 0 Å². The first-order valence-corrected chi connectivity index (χ1v) is 8.76. The maximum absolute atomic E-state index is 12.2. The Morgan fingerprint density at radius 1 is 1.10 bits per heavy atom. The molecule has 6 nitrogen and oxygen atoms in total. The fourth-order valence-electron chi connectivity index (χ4n) is 2.96. The molecule has 0 aliphatic heterocycles. The van der Waals surface area contributed by atoms with Gasteiger partial charge in [0.25, 0.3) is 5.56 Å². The topological polar surface area (TPSA) is 69.9 Å². The maximum atomic E-state index is 12.2. The quantitative estimate of drug-likeness (QED) is 0.658. The van der Waals surface area contributed by atoms with E-state index in [0.29, 0.717) is 17.8 Å². The average molecular weight is 400 g/mol. The first-order valence-electron chi connectivity index (χ1n) is 8.76. The molecule has 9 heteroatoms. The van der Waals surface area contributed by atoms with E-state index in [1.165, 1.54) is 34.8 Å². The molecule has 2 aromatic heterocycles. The normalized spacial score (nSPS) is 12.8. The zero-order valence-corrected chi connectivity index (χ0v) is 15.1. The van der Waals surface area contributed by atoms with E-state index in [4.69, 9.17) is 0 Å². The first-order chi connectivity index (χ1) is 13.9. The summed E-state index contributed by atoms with van der Waals surface area (Å²) in [6.45, 7) is -1.17. The Kier molecular flexibility index (Phi) is 4.87. The van der Waals surface area contributed by atoms with Gasteiger partial charge in [-0.05, 0) is 35.2 Å². The molecule has 148 valence electrons. The maximum Gasteiger partial charge on any atom is 0.422 e. The van der Waals surface area contributed by atoms with Gasteiger partial charge >= 0.3 is 12.2 Å². The van der Waals surface area contributed by atoms with Gasteiger partial charge in [0.1, 0.15) is 0 Å². The van der Waals surface area contributed by atoms with Gasteiger partial charge in [0, 0.05) is 24.0 Å². The highest BCUT2D eigenvalue weighted by Gasteiger charge is 2.28. The molecule has 0 radical (unpaired) electrons. The van der Waals surface area contributed by atoms with Crippen molar-refractivity contribution in [2.24, 2.45) is 0 Å². The summed E-state index contributed by atoms with van der Waals surface area (Å²) in [7, 11) is 0. The molecule has 0 unspecified atom stereocenters. The van der Waals surface area contributed by atoms with Crippen molar-refractivity contribution in [1.82, 2.24) is 19.7 Å². The number of hydrogen-bond acceptors (Lipinski definition) is 5. The van der Waals surface area contributed by atoms with Crippen molar-refractivity contribution in [3.05, 3.63) is 75.8 Å². The Hall–Kier alpha value is -3.49. The lowest BCUT2D eigenvalue weighted by molar-refractivity contribution is -0.154. The highest BCUT2D eigenvalue weighted by molar-refractivity contribution is 5.60. The number of ether oxygens (including phenoxy) is 1. The van der Waals surface area contributed by atoms with Gasteiger partial charge in [0.2, 0.25) is 0 Å². The van der Waals surface area contributed by atoms with Crippen LogP contribution in [0.15, 0.2) is 53.6 Å². The van der Waals surface area contributed by atoms with E-state index in [2.05, 4.69) is 25.9 Å². The van der Waals surface area contributed by atoms with Crippen LogP contribution in [0.5, 0.6) is 6.01 Å². The van der Waals surface area contributed by atoms with Crippen molar-refractivity contribution in [3.63, 3.8) is 0 Å². The van der Waals surface area contributed by atoms with Gasteiger partial charge in [0.15, 0.2) is 6.61 Å². The van der Waals surface area contributed by atoms with E-state index in [1.54, 1.807) is 0 Å². The van der Waals surface area contributed by atoms with Gasteiger partial charge in [0.05, 0.1) is 12.2 Å². The molecular weight excluding hydrogens is 385 g/mol. The molecule has 0 bridgehead atoms. The minimum absolute atomic E-state index is 0.268. The summed E-state index contributed by atoms with van der Waals surface area (Å²) >= 11 is 0. The van der Waals surface area contributed by atoms with Gasteiger partial charge in [-0.3, -0.25) is 4.79 Å². The number of rotatable bonds is 5. The van der Waals surface area contributed by atoms with Crippen LogP contribution in [0.25, 0.3) is 17.3 Å². The van der Waals surface area contributed by atoms with E-state index in [1.807, 2.05) is 24.3 Å². The minimum atomic E-state index is -4.47. The van der Waals surface area contributed by atoms with Crippen LogP contribution in [-0.4, -0.2) is 32.5 Å². The molecule has 0 spiro atoms. The summed E-state index contributed by atoms with van der Waals surface area (Å²) in [6, 6.07) is 8.53. The van der Waals surface area contributed by atoms with Gasteiger partial charge < -0.3 is 4.74 Å². The first kappa shape index (κ1) is 18.9. The Morgan fingerprint density at radius 3 is 2.66 bits per heavy atom. The molecular formula is C20H15F3N4O2. The SMILES string of the molecule is O=c1ccc(-c2cnc(OCC(F)(F)F)nc2)nn1Cc1ccc2c(c1)C=CC2. The molecule has 0 amide bonds. The molecule has 0 saturated carbocycles. The van der Waals surface area contributed by atoms with Gasteiger partial charge in [-0.2, -0.15) is 18.3 Å². The third kappa shape index (κ3) is 4.50. The number of halogens is 3. The Labute approximate surface area is 163 Å². The molecule has 3 aromatic rings. The highest BCUT2D eigenvalue weighted by Crippen LogP contribution is 2.21. The van der Waals surface area contributed by atoms with E-state index in [9.17, 15) is 18.0 Å². The second kappa shape index (κ2) is 7.50. The fraction of sp³-hybridized carbons (Fsp3) is 0.200. The van der Waals surface area contributed by atoms with E-state index >= 15 is 0 Å². The summed E-state index contributed by atoms with van der Waals surface area (Å²) in [4.78, 5) is 19.7. The second-order valence-corrected chi connectivity index (χ2v) is 6.51.